The molecular formula is C19H22FNO5S2. The Labute approximate surface area is 164 Å². The molecule has 6 nitrogen and oxygen atoms in total. The van der Waals surface area contributed by atoms with E-state index in [4.69, 9.17) is 4.74 Å². The lowest BCUT2D eigenvalue weighted by Gasteiger charge is -2.31. The fourth-order valence-corrected chi connectivity index (χ4v) is 6.62. The van der Waals surface area contributed by atoms with E-state index in [1.54, 1.807) is 24.3 Å². The Morgan fingerprint density at radius 3 is 2.25 bits per heavy atom. The van der Waals surface area contributed by atoms with Gasteiger partial charge in [-0.25, -0.2) is 21.2 Å². The summed E-state index contributed by atoms with van der Waals surface area (Å²) in [5, 5.41) is -0.591. The predicted molar refractivity (Wildman–Crippen MR) is 104 cm³/mol. The quantitative estimate of drug-likeness (QED) is 0.708. The fraction of sp³-hybridized carbons (Fsp3) is 0.368. The van der Waals surface area contributed by atoms with Crippen LogP contribution in [0.15, 0.2) is 53.4 Å². The molecule has 1 heterocycles. The normalized spacial score (nSPS) is 16.8. The number of piperidine rings is 1. The lowest BCUT2D eigenvalue weighted by atomic mass is 10.2. The standard InChI is InChI=1S/C19H22FNO5S2/c1-26-19-8-7-17(13-18(19)20)28(24,25)21-11-9-16(10-12-21)27(22,23)14-15-5-3-2-4-6-15/h2-8,13,16H,9-12,14H2,1H3. The van der Waals surface area contributed by atoms with Crippen LogP contribution in [0.3, 0.4) is 0 Å². The lowest BCUT2D eigenvalue weighted by molar-refractivity contribution is 0.345. The lowest BCUT2D eigenvalue weighted by Crippen LogP contribution is -2.42. The van der Waals surface area contributed by atoms with E-state index in [-0.39, 0.29) is 42.3 Å². The molecule has 1 aliphatic heterocycles. The first kappa shape index (κ1) is 20.8. The number of halogens is 1. The fourth-order valence-electron chi connectivity index (χ4n) is 3.31. The van der Waals surface area contributed by atoms with Gasteiger partial charge in [0.25, 0.3) is 0 Å². The van der Waals surface area contributed by atoms with Crippen molar-refractivity contribution in [1.82, 2.24) is 4.31 Å². The molecule has 0 saturated carbocycles. The molecule has 0 bridgehead atoms. The van der Waals surface area contributed by atoms with Gasteiger partial charge in [0.2, 0.25) is 10.0 Å². The number of hydrogen-bond donors (Lipinski definition) is 0. The monoisotopic (exact) mass is 427 g/mol. The molecule has 2 aromatic carbocycles. The van der Waals surface area contributed by atoms with Crippen molar-refractivity contribution < 1.29 is 26.0 Å². The van der Waals surface area contributed by atoms with Crippen LogP contribution in [0, 0.1) is 5.82 Å². The number of sulfone groups is 1. The average molecular weight is 428 g/mol. The van der Waals surface area contributed by atoms with Gasteiger partial charge in [-0.15, -0.1) is 0 Å². The van der Waals surface area contributed by atoms with Crippen molar-refractivity contribution in [3.63, 3.8) is 0 Å². The van der Waals surface area contributed by atoms with Crippen molar-refractivity contribution in [2.75, 3.05) is 20.2 Å². The maximum atomic E-state index is 13.9. The van der Waals surface area contributed by atoms with Gasteiger partial charge in [-0.1, -0.05) is 30.3 Å². The molecule has 0 unspecified atom stereocenters. The van der Waals surface area contributed by atoms with Crippen LogP contribution < -0.4 is 4.74 Å². The van der Waals surface area contributed by atoms with Crippen molar-refractivity contribution in [1.29, 1.82) is 0 Å². The van der Waals surface area contributed by atoms with Gasteiger partial charge < -0.3 is 4.74 Å². The van der Waals surface area contributed by atoms with Gasteiger partial charge in [0.1, 0.15) is 0 Å². The summed E-state index contributed by atoms with van der Waals surface area (Å²) >= 11 is 0. The van der Waals surface area contributed by atoms with Crippen molar-refractivity contribution in [2.24, 2.45) is 0 Å². The highest BCUT2D eigenvalue weighted by molar-refractivity contribution is 7.91. The van der Waals surface area contributed by atoms with Gasteiger partial charge in [0.05, 0.1) is 23.0 Å². The molecule has 1 saturated heterocycles. The van der Waals surface area contributed by atoms with Crippen LogP contribution in [-0.4, -0.2) is 46.6 Å². The van der Waals surface area contributed by atoms with Crippen molar-refractivity contribution in [3.8, 4) is 5.75 Å². The summed E-state index contributed by atoms with van der Waals surface area (Å²) in [6, 6.07) is 12.4. The van der Waals surface area contributed by atoms with E-state index >= 15 is 0 Å². The van der Waals surface area contributed by atoms with Crippen LogP contribution in [0.5, 0.6) is 5.75 Å². The maximum absolute atomic E-state index is 13.9. The number of methoxy groups -OCH3 is 1. The smallest absolute Gasteiger partial charge is 0.243 e. The summed E-state index contributed by atoms with van der Waals surface area (Å²) < 4.78 is 70.7. The van der Waals surface area contributed by atoms with Crippen molar-refractivity contribution >= 4 is 19.9 Å². The highest BCUT2D eigenvalue weighted by atomic mass is 32.2. The number of sulfonamides is 1. The first-order valence-electron chi connectivity index (χ1n) is 8.83. The molecule has 0 amide bonds. The van der Waals surface area contributed by atoms with E-state index in [1.807, 2.05) is 6.07 Å². The van der Waals surface area contributed by atoms with Gasteiger partial charge >= 0.3 is 0 Å². The summed E-state index contributed by atoms with van der Waals surface area (Å²) in [7, 11) is -5.98. The molecule has 0 N–H and O–H groups in total. The molecule has 0 aromatic heterocycles. The number of rotatable bonds is 6. The number of benzene rings is 2. The third kappa shape index (κ3) is 4.37. The van der Waals surface area contributed by atoms with Gasteiger partial charge in [-0.2, -0.15) is 4.31 Å². The third-order valence-corrected chi connectivity index (χ3v) is 9.00. The summed E-state index contributed by atoms with van der Waals surface area (Å²) in [5.41, 5.74) is 0.714. The van der Waals surface area contributed by atoms with E-state index < -0.39 is 30.9 Å². The van der Waals surface area contributed by atoms with Gasteiger partial charge in [0, 0.05) is 13.1 Å². The Morgan fingerprint density at radius 2 is 1.68 bits per heavy atom. The maximum Gasteiger partial charge on any atom is 0.243 e. The zero-order valence-electron chi connectivity index (χ0n) is 15.4. The number of hydrogen-bond acceptors (Lipinski definition) is 5. The molecule has 0 radical (unpaired) electrons. The second-order valence-corrected chi connectivity index (χ2v) is 10.9. The van der Waals surface area contributed by atoms with Crippen molar-refractivity contribution in [2.45, 2.75) is 28.7 Å². The first-order valence-corrected chi connectivity index (χ1v) is 12.0. The van der Waals surface area contributed by atoms with Crippen LogP contribution in [-0.2, 0) is 25.6 Å². The molecular weight excluding hydrogens is 405 g/mol. The molecule has 28 heavy (non-hydrogen) atoms. The summed E-state index contributed by atoms with van der Waals surface area (Å²) in [4.78, 5) is -0.170. The van der Waals surface area contributed by atoms with Crippen LogP contribution in [0.2, 0.25) is 0 Å². The van der Waals surface area contributed by atoms with Crippen molar-refractivity contribution in [3.05, 3.63) is 59.9 Å². The Morgan fingerprint density at radius 1 is 1.04 bits per heavy atom. The highest BCUT2D eigenvalue weighted by Crippen LogP contribution is 2.27. The summed E-state index contributed by atoms with van der Waals surface area (Å²) in [5.74, 6) is -0.858. The van der Waals surface area contributed by atoms with Crippen LogP contribution >= 0.6 is 0 Å². The SMILES string of the molecule is COc1ccc(S(=O)(=O)N2CCC(S(=O)(=O)Cc3ccccc3)CC2)cc1F. The Kier molecular flexibility index (Phi) is 6.07. The van der Waals surface area contributed by atoms with Crippen LogP contribution in [0.25, 0.3) is 0 Å². The van der Waals surface area contributed by atoms with E-state index in [1.165, 1.54) is 23.5 Å². The second kappa shape index (κ2) is 8.18. The van der Waals surface area contributed by atoms with Gasteiger partial charge in [-0.05, 0) is 36.6 Å². The Hall–Kier alpha value is -1.97. The van der Waals surface area contributed by atoms with Crippen LogP contribution in [0.1, 0.15) is 18.4 Å². The molecule has 9 heteroatoms. The minimum atomic E-state index is -3.89. The zero-order chi connectivity index (χ0) is 20.4. The Balaban J connectivity index is 1.70. The largest absolute Gasteiger partial charge is 0.494 e. The highest BCUT2D eigenvalue weighted by Gasteiger charge is 2.35. The minimum Gasteiger partial charge on any atom is -0.494 e. The number of ether oxygens (including phenoxy) is 1. The Bertz CT molecular complexity index is 1030. The molecule has 1 fully saturated rings. The van der Waals surface area contributed by atoms with E-state index in [2.05, 4.69) is 0 Å². The first-order chi connectivity index (χ1) is 13.2. The molecule has 0 atom stereocenters. The minimum absolute atomic E-state index is 0.0373. The summed E-state index contributed by atoms with van der Waals surface area (Å²) in [6.45, 7) is 0.156. The van der Waals surface area contributed by atoms with E-state index in [0.717, 1.165) is 6.07 Å². The van der Waals surface area contributed by atoms with Crippen LogP contribution in [0.4, 0.5) is 4.39 Å². The average Bonchev–Trinajstić information content (AvgIpc) is 2.68. The van der Waals surface area contributed by atoms with Gasteiger partial charge in [0.15, 0.2) is 21.4 Å². The number of nitrogens with zero attached hydrogens (tertiary/aromatic N) is 1. The molecule has 1 aliphatic rings. The molecule has 3 rings (SSSR count). The molecule has 0 spiro atoms. The molecule has 2 aromatic rings. The third-order valence-electron chi connectivity index (χ3n) is 4.88. The second-order valence-electron chi connectivity index (χ2n) is 6.69. The predicted octanol–water partition coefficient (Wildman–Crippen LogP) is 2.60. The topological polar surface area (TPSA) is 80.8 Å². The van der Waals surface area contributed by atoms with E-state index in [9.17, 15) is 21.2 Å². The molecule has 0 aliphatic carbocycles. The zero-order valence-corrected chi connectivity index (χ0v) is 17.0. The molecule has 152 valence electrons. The summed E-state index contributed by atoms with van der Waals surface area (Å²) in [6.07, 6.45) is 0.431. The van der Waals surface area contributed by atoms with E-state index in [0.29, 0.717) is 5.56 Å². The van der Waals surface area contributed by atoms with Gasteiger partial charge in [-0.3, -0.25) is 0 Å².